The van der Waals surface area contributed by atoms with Crippen LogP contribution in [0.1, 0.15) is 20.8 Å². The summed E-state index contributed by atoms with van der Waals surface area (Å²) in [6.45, 7) is 9.63. The standard InChI is InChI=1S/C11H23NO3/c1-4-14-8-11(13)7-12-5-9(2)15-10(3)6-12/h9-11,13H,4-8H2,1-3H3/t9-,10+,11?. The molecule has 0 aliphatic carbocycles. The number of β-amino-alcohol motifs (C(OH)–C–C–N with tert-alkyl or cyclic N) is 1. The summed E-state index contributed by atoms with van der Waals surface area (Å²) in [6, 6.07) is 0. The lowest BCUT2D eigenvalue weighted by molar-refractivity contribution is -0.0817. The zero-order valence-corrected chi connectivity index (χ0v) is 9.98. The van der Waals surface area contributed by atoms with Gasteiger partial charge in [-0.25, -0.2) is 0 Å². The Balaban J connectivity index is 2.24. The van der Waals surface area contributed by atoms with Crippen LogP contribution in [-0.2, 0) is 9.47 Å². The highest BCUT2D eigenvalue weighted by molar-refractivity contribution is 4.75. The molecule has 1 fully saturated rings. The molecule has 0 amide bonds. The molecule has 0 aromatic heterocycles. The highest BCUT2D eigenvalue weighted by Crippen LogP contribution is 2.10. The predicted octanol–water partition coefficient (Wildman–Crippen LogP) is 0.493. The molecule has 0 aromatic carbocycles. The van der Waals surface area contributed by atoms with Crippen molar-refractivity contribution in [2.75, 3.05) is 32.8 Å². The number of aliphatic hydroxyl groups excluding tert-OH is 1. The van der Waals surface area contributed by atoms with Gasteiger partial charge in [-0.1, -0.05) is 0 Å². The SMILES string of the molecule is CCOCC(O)CN1C[C@@H](C)O[C@@H](C)C1. The molecule has 1 aliphatic heterocycles. The Morgan fingerprint density at radius 3 is 2.53 bits per heavy atom. The van der Waals surface area contributed by atoms with Crippen LogP contribution in [0.15, 0.2) is 0 Å². The largest absolute Gasteiger partial charge is 0.389 e. The summed E-state index contributed by atoms with van der Waals surface area (Å²) in [5.41, 5.74) is 0. The number of aliphatic hydroxyl groups is 1. The van der Waals surface area contributed by atoms with Crippen LogP contribution in [0.2, 0.25) is 0 Å². The Hall–Kier alpha value is -0.160. The highest BCUT2D eigenvalue weighted by Gasteiger charge is 2.23. The van der Waals surface area contributed by atoms with Gasteiger partial charge in [0.25, 0.3) is 0 Å². The summed E-state index contributed by atoms with van der Waals surface area (Å²) in [5.74, 6) is 0. The first kappa shape index (κ1) is 12.9. The van der Waals surface area contributed by atoms with Gasteiger partial charge in [0.15, 0.2) is 0 Å². The minimum Gasteiger partial charge on any atom is -0.389 e. The van der Waals surface area contributed by atoms with E-state index < -0.39 is 0 Å². The summed E-state index contributed by atoms with van der Waals surface area (Å²) in [4.78, 5) is 2.24. The summed E-state index contributed by atoms with van der Waals surface area (Å²) in [6.07, 6.45) is 0.128. The molecule has 0 saturated carbocycles. The maximum absolute atomic E-state index is 9.70. The Kier molecular flexibility index (Phi) is 5.53. The third-order valence-electron chi connectivity index (χ3n) is 2.48. The molecule has 15 heavy (non-hydrogen) atoms. The molecule has 4 nitrogen and oxygen atoms in total. The quantitative estimate of drug-likeness (QED) is 0.728. The monoisotopic (exact) mass is 217 g/mol. The highest BCUT2D eigenvalue weighted by atomic mass is 16.5. The molecule has 1 rings (SSSR count). The van der Waals surface area contributed by atoms with Crippen LogP contribution in [0.3, 0.4) is 0 Å². The third-order valence-corrected chi connectivity index (χ3v) is 2.48. The van der Waals surface area contributed by atoms with Crippen molar-refractivity contribution in [2.24, 2.45) is 0 Å². The van der Waals surface area contributed by atoms with E-state index in [0.717, 1.165) is 13.1 Å². The summed E-state index contributed by atoms with van der Waals surface area (Å²) >= 11 is 0. The normalized spacial score (nSPS) is 30.4. The van der Waals surface area contributed by atoms with Crippen molar-refractivity contribution in [1.82, 2.24) is 4.90 Å². The summed E-state index contributed by atoms with van der Waals surface area (Å²) in [5, 5.41) is 9.70. The molecule has 0 bridgehead atoms. The molecule has 4 heteroatoms. The number of hydrogen-bond acceptors (Lipinski definition) is 4. The second kappa shape index (κ2) is 6.43. The van der Waals surface area contributed by atoms with Crippen LogP contribution >= 0.6 is 0 Å². The minimum absolute atomic E-state index is 0.257. The first-order chi connectivity index (χ1) is 7.11. The lowest BCUT2D eigenvalue weighted by atomic mass is 10.2. The van der Waals surface area contributed by atoms with Gasteiger partial charge in [-0.3, -0.25) is 4.90 Å². The van der Waals surface area contributed by atoms with Gasteiger partial charge in [0.05, 0.1) is 24.9 Å². The number of nitrogens with zero attached hydrogens (tertiary/aromatic N) is 1. The van der Waals surface area contributed by atoms with Crippen molar-refractivity contribution in [1.29, 1.82) is 0 Å². The maximum atomic E-state index is 9.70. The van der Waals surface area contributed by atoms with Gasteiger partial charge in [-0.05, 0) is 20.8 Å². The van der Waals surface area contributed by atoms with Gasteiger partial charge in [0.1, 0.15) is 0 Å². The molecule has 1 heterocycles. The van der Waals surface area contributed by atoms with Crippen molar-refractivity contribution >= 4 is 0 Å². The number of ether oxygens (including phenoxy) is 2. The number of rotatable bonds is 5. The predicted molar refractivity (Wildman–Crippen MR) is 58.9 cm³/mol. The van der Waals surface area contributed by atoms with Crippen LogP contribution in [0.4, 0.5) is 0 Å². The van der Waals surface area contributed by atoms with Crippen molar-refractivity contribution in [3.63, 3.8) is 0 Å². The Morgan fingerprint density at radius 1 is 1.40 bits per heavy atom. The molecular formula is C11H23NO3. The molecule has 1 unspecified atom stereocenters. The molecular weight excluding hydrogens is 194 g/mol. The Morgan fingerprint density at radius 2 is 2.00 bits per heavy atom. The van der Waals surface area contributed by atoms with Gasteiger partial charge in [0.2, 0.25) is 0 Å². The maximum Gasteiger partial charge on any atom is 0.0900 e. The van der Waals surface area contributed by atoms with Crippen molar-refractivity contribution in [3.8, 4) is 0 Å². The van der Waals surface area contributed by atoms with E-state index >= 15 is 0 Å². The van der Waals surface area contributed by atoms with Crippen LogP contribution in [0, 0.1) is 0 Å². The van der Waals surface area contributed by atoms with E-state index in [4.69, 9.17) is 9.47 Å². The van der Waals surface area contributed by atoms with Crippen molar-refractivity contribution in [3.05, 3.63) is 0 Å². The third kappa shape index (κ3) is 4.93. The average molecular weight is 217 g/mol. The van der Waals surface area contributed by atoms with E-state index in [1.165, 1.54) is 0 Å². The van der Waals surface area contributed by atoms with Gasteiger partial charge >= 0.3 is 0 Å². The van der Waals surface area contributed by atoms with E-state index in [1.807, 2.05) is 6.92 Å². The van der Waals surface area contributed by atoms with Crippen LogP contribution in [0.5, 0.6) is 0 Å². The van der Waals surface area contributed by atoms with Gasteiger partial charge in [0, 0.05) is 26.2 Å². The van der Waals surface area contributed by atoms with E-state index in [2.05, 4.69) is 18.7 Å². The van der Waals surface area contributed by atoms with Crippen LogP contribution in [-0.4, -0.2) is 61.2 Å². The second-order valence-corrected chi connectivity index (χ2v) is 4.29. The fraction of sp³-hybridized carbons (Fsp3) is 1.00. The molecule has 3 atom stereocenters. The fourth-order valence-corrected chi connectivity index (χ4v) is 2.04. The van der Waals surface area contributed by atoms with Crippen molar-refractivity contribution < 1.29 is 14.6 Å². The topological polar surface area (TPSA) is 41.9 Å². The summed E-state index contributed by atoms with van der Waals surface area (Å²) < 4.78 is 10.8. The first-order valence-corrected chi connectivity index (χ1v) is 5.75. The molecule has 0 aromatic rings. The molecule has 1 saturated heterocycles. The molecule has 0 radical (unpaired) electrons. The lowest BCUT2D eigenvalue weighted by Crippen LogP contribution is -2.48. The zero-order valence-electron chi connectivity index (χ0n) is 9.98. The Labute approximate surface area is 92.2 Å². The smallest absolute Gasteiger partial charge is 0.0900 e. The fourth-order valence-electron chi connectivity index (χ4n) is 2.04. The second-order valence-electron chi connectivity index (χ2n) is 4.29. The van der Waals surface area contributed by atoms with E-state index in [9.17, 15) is 5.11 Å². The van der Waals surface area contributed by atoms with Crippen LogP contribution in [0.25, 0.3) is 0 Å². The van der Waals surface area contributed by atoms with E-state index in [1.54, 1.807) is 0 Å². The summed E-state index contributed by atoms with van der Waals surface area (Å²) in [7, 11) is 0. The average Bonchev–Trinajstić information content (AvgIpc) is 2.13. The lowest BCUT2D eigenvalue weighted by Gasteiger charge is -2.36. The van der Waals surface area contributed by atoms with Gasteiger partial charge < -0.3 is 14.6 Å². The Bertz CT molecular complexity index is 167. The van der Waals surface area contributed by atoms with Crippen LogP contribution < -0.4 is 0 Å². The molecule has 90 valence electrons. The number of hydrogen-bond donors (Lipinski definition) is 1. The van der Waals surface area contributed by atoms with Crippen molar-refractivity contribution in [2.45, 2.75) is 39.1 Å². The van der Waals surface area contributed by atoms with E-state index in [-0.39, 0.29) is 18.3 Å². The molecule has 1 N–H and O–H groups in total. The molecule has 1 aliphatic rings. The molecule has 0 spiro atoms. The zero-order chi connectivity index (χ0) is 11.3. The van der Waals surface area contributed by atoms with E-state index in [0.29, 0.717) is 19.8 Å². The van der Waals surface area contributed by atoms with Gasteiger partial charge in [-0.15, -0.1) is 0 Å². The number of morpholine rings is 1. The van der Waals surface area contributed by atoms with Gasteiger partial charge in [-0.2, -0.15) is 0 Å². The first-order valence-electron chi connectivity index (χ1n) is 5.75. The minimum atomic E-state index is -0.387.